The van der Waals surface area contributed by atoms with Crippen LogP contribution in [0.25, 0.3) is 67.7 Å². The second kappa shape index (κ2) is 49.4. The molecule has 134 heavy (non-hydrogen) atoms. The van der Waals surface area contributed by atoms with E-state index in [1.807, 2.05) is 111 Å². The molecule has 14 aromatic rings. The van der Waals surface area contributed by atoms with Crippen molar-refractivity contribution >= 4 is 156 Å². The van der Waals surface area contributed by atoms with Crippen LogP contribution in [-0.4, -0.2) is 241 Å². The molecule has 0 aromatic carbocycles. The molecule has 0 radical (unpaired) electrons. The van der Waals surface area contributed by atoms with Gasteiger partial charge in [-0.05, 0) is 131 Å². The van der Waals surface area contributed by atoms with Gasteiger partial charge in [0, 0.05) is 145 Å². The van der Waals surface area contributed by atoms with E-state index in [1.54, 1.807) is 67.8 Å². The van der Waals surface area contributed by atoms with Crippen molar-refractivity contribution < 1.29 is 33.4 Å². The number of aromatic nitrogens is 28. The molecule has 2 aliphatic rings. The summed E-state index contributed by atoms with van der Waals surface area (Å²) < 4.78 is 21.4. The molecule has 49 heteroatoms. The number of nitrogen functional groups attached to an aromatic ring is 2. The minimum absolute atomic E-state index is 0.0588. The van der Waals surface area contributed by atoms with E-state index < -0.39 is 11.2 Å². The van der Waals surface area contributed by atoms with Gasteiger partial charge in [-0.25, -0.2) is 139 Å². The van der Waals surface area contributed by atoms with Gasteiger partial charge < -0.3 is 70.9 Å². The third-order valence-electron chi connectivity index (χ3n) is 18.6. The normalized spacial score (nSPS) is 13.1. The molecular weight excluding hydrogens is 1850 g/mol. The lowest BCUT2D eigenvalue weighted by Crippen LogP contribution is -2.36. The lowest BCUT2D eigenvalue weighted by Gasteiger charge is -2.24. The lowest BCUT2D eigenvalue weighted by molar-refractivity contribution is 0.0282. The molecule has 16 heterocycles. The van der Waals surface area contributed by atoms with E-state index in [0.717, 1.165) is 102 Å². The highest BCUT2D eigenvalue weighted by atomic mass is 35.5. The zero-order chi connectivity index (χ0) is 97.7. The number of hydrogen-bond donors (Lipinski definition) is 6. The number of amides is 2. The average molecular weight is 1950 g/mol. The third kappa shape index (κ3) is 29.6. The zero-order valence-corrected chi connectivity index (χ0v) is 81.4. The number of carbonyl (C=O) groups excluding carboxylic acids is 4. The first kappa shape index (κ1) is 104. The van der Waals surface area contributed by atoms with E-state index in [4.69, 9.17) is 106 Å². The number of fused-ring (bicyclic) bond motifs is 3. The number of likely N-dealkylation sites (tertiary alicyclic amines) is 2. The lowest BCUT2D eigenvalue weighted by atomic mass is 10.1. The number of esters is 1. The van der Waals surface area contributed by atoms with E-state index in [2.05, 4.69) is 136 Å². The number of ether oxygens (including phenoxy) is 3. The smallest absolute Gasteiger partial charge is 0.410 e. The summed E-state index contributed by atoms with van der Waals surface area (Å²) in [6.07, 6.45) is 26.1. The molecule has 2 saturated heterocycles. The van der Waals surface area contributed by atoms with Crippen molar-refractivity contribution in [3.8, 4) is 34.2 Å². The van der Waals surface area contributed by atoms with Crippen molar-refractivity contribution in [1.82, 2.24) is 148 Å². The van der Waals surface area contributed by atoms with Crippen molar-refractivity contribution in [3.05, 3.63) is 177 Å². The second-order valence-electron chi connectivity index (χ2n) is 30.9. The number of halogens is 6. The first-order valence-corrected chi connectivity index (χ1v) is 44.3. The summed E-state index contributed by atoms with van der Waals surface area (Å²) in [5.41, 5.74) is 24.2. The SMILES string of the molecule is CC(C)(C)OC(=O)N1CC[C@H](N)C1.CCNc1ncnc(Cl)c1CC(=O)c1cnc(C)nc1.CCNc1ncnc(Cl)c1N.CCOC(=O)c1cnc(C)nc1.CCn1c(-c2cnc(C)nc2)nc2c(Cl)ncnc21.CCn1c(-c2cnc(C)nc2)nc2c(Cl)ncnc21.CCn1c(-c2cnc(C)nc2)nc2c(N[C@H]3CCN(C(=O)OC(C)(C)C)C3)ncnc21.Nc1c(Cl)ncnc1Cl. The Hall–Kier alpha value is -13.3. The van der Waals surface area contributed by atoms with Crippen molar-refractivity contribution in [1.29, 1.82) is 0 Å². The van der Waals surface area contributed by atoms with Crippen LogP contribution in [0.4, 0.5) is 38.4 Å². The molecule has 16 rings (SSSR count). The van der Waals surface area contributed by atoms with Crippen LogP contribution in [0.15, 0.2) is 99.9 Å². The first-order valence-electron chi connectivity index (χ1n) is 42.1. The highest BCUT2D eigenvalue weighted by Gasteiger charge is 2.32. The fourth-order valence-electron chi connectivity index (χ4n) is 12.2. The summed E-state index contributed by atoms with van der Waals surface area (Å²) >= 11 is 34.7. The van der Waals surface area contributed by atoms with Crippen molar-refractivity contribution in [2.75, 3.05) is 73.3 Å². The van der Waals surface area contributed by atoms with E-state index in [9.17, 15) is 19.2 Å². The van der Waals surface area contributed by atoms with Crippen LogP contribution in [0.1, 0.15) is 151 Å². The number of nitrogens with one attached hydrogen (secondary N) is 3. The van der Waals surface area contributed by atoms with Gasteiger partial charge in [-0.1, -0.05) is 69.6 Å². The molecule has 14 aromatic heterocycles. The molecule has 0 aliphatic carbocycles. The number of anilines is 5. The van der Waals surface area contributed by atoms with Crippen LogP contribution < -0.4 is 33.2 Å². The van der Waals surface area contributed by atoms with Gasteiger partial charge in [0.15, 0.2) is 65.6 Å². The predicted molar refractivity (Wildman–Crippen MR) is 511 cm³/mol. The summed E-state index contributed by atoms with van der Waals surface area (Å²) in [6, 6.07) is 0.177. The Balaban J connectivity index is 0.000000177. The number of aryl methyl sites for hydroxylation is 8. The molecule has 2 aliphatic heterocycles. The molecule has 9 N–H and O–H groups in total. The number of imidazole rings is 3. The second-order valence-corrected chi connectivity index (χ2v) is 33.0. The van der Waals surface area contributed by atoms with Crippen LogP contribution in [0.3, 0.4) is 0 Å². The average Bonchev–Trinajstić information content (AvgIpc) is 1.63. The fraction of sp³-hybridized carbons (Fsp3) is 0.400. The van der Waals surface area contributed by atoms with Gasteiger partial charge in [0.05, 0.1) is 34.4 Å². The maximum absolute atomic E-state index is 12.4. The number of nitrogens with zero attached hydrogens (tertiary/aromatic N) is 30. The van der Waals surface area contributed by atoms with Crippen LogP contribution in [0.5, 0.6) is 0 Å². The van der Waals surface area contributed by atoms with Gasteiger partial charge in [-0.2, -0.15) is 0 Å². The molecule has 0 spiro atoms. The minimum Gasteiger partial charge on any atom is -0.462 e. The number of nitrogens with two attached hydrogens (primary N) is 3. The zero-order valence-electron chi connectivity index (χ0n) is 76.9. The summed E-state index contributed by atoms with van der Waals surface area (Å²) in [5, 5.41) is 11.1. The van der Waals surface area contributed by atoms with Crippen molar-refractivity contribution in [2.45, 2.75) is 180 Å². The summed E-state index contributed by atoms with van der Waals surface area (Å²) in [4.78, 5) is 153. The Morgan fingerprint density at radius 2 is 0.754 bits per heavy atom. The molecule has 2 fully saturated rings. The van der Waals surface area contributed by atoms with Crippen LogP contribution in [0, 0.1) is 34.6 Å². The van der Waals surface area contributed by atoms with Gasteiger partial charge in [-0.15, -0.1) is 0 Å². The summed E-state index contributed by atoms with van der Waals surface area (Å²) in [5.74, 6) is 6.99. The number of rotatable bonds is 17. The Kier molecular flexibility index (Phi) is 38.5. The molecule has 0 bridgehead atoms. The molecule has 2 atom stereocenters. The maximum atomic E-state index is 12.4. The van der Waals surface area contributed by atoms with Gasteiger partial charge in [-0.3, -0.25) is 4.79 Å². The molecule has 708 valence electrons. The maximum Gasteiger partial charge on any atom is 0.410 e. The van der Waals surface area contributed by atoms with Gasteiger partial charge in [0.25, 0.3) is 0 Å². The Morgan fingerprint density at radius 3 is 1.16 bits per heavy atom. The standard InChI is InChI=1S/C21H28N8O2.C13H14ClN5O.2C12H11ClN6.C9H18N2O2.C8H10N2O2.C6H9ClN4.C4H3Cl2N3/c1-6-29-18(14-9-22-13(2)23-10-14)27-16-17(24-12-25-19(16)29)26-15-7-8-28(11-15)20(30)31-21(3,4)5;1-3-15-13-10(12(14)18-7-19-13)4-11(20)9-5-16-8(2)17-6-9;2*1-3-19-11(8-4-14-7(2)15-5-8)18-9-10(13)16-6-17-12(9)19;1-9(2,3)13-8(12)11-5-4-7(10)6-11;1-3-12-8(11)7-4-9-6(2)10-5-7;1-2-9-6-4(8)5(7)10-3-11-6;5-3-2(7)4(6)9-1-8-3/h9-10,12,15H,6-8,11H2,1-5H3,(H,24,25,26);5-7H,3-4H2,1-2H3,(H,15,18,19);2*4-6H,3H2,1-2H3;7H,4-6,10H2,1-3H3;4-5H,3H2,1-2H3;3H,2,8H2,1H3,(H,9,10,11);1H,7H2/t15-;;;;7-;;;/m0...0.../s1. The van der Waals surface area contributed by atoms with E-state index >= 15 is 0 Å². The fourth-order valence-corrected chi connectivity index (χ4v) is 13.2. The quantitative estimate of drug-likeness (QED) is 0.0213. The highest BCUT2D eigenvalue weighted by molar-refractivity contribution is 6.37. The topological polar surface area (TPSA) is 554 Å². The van der Waals surface area contributed by atoms with Crippen LogP contribution >= 0.6 is 69.6 Å². The van der Waals surface area contributed by atoms with Crippen LogP contribution in [0.2, 0.25) is 30.9 Å². The predicted octanol–water partition coefficient (Wildman–Crippen LogP) is 14.1. The molecule has 0 unspecified atom stereocenters. The minimum atomic E-state index is -0.509. The summed E-state index contributed by atoms with van der Waals surface area (Å²) in [7, 11) is 0. The van der Waals surface area contributed by atoms with Crippen molar-refractivity contribution in [3.63, 3.8) is 0 Å². The highest BCUT2D eigenvalue weighted by Crippen LogP contribution is 2.32. The number of Topliss-reactive ketones (excluding diaryl/α,β-unsaturated/α-hetero) is 1. The van der Waals surface area contributed by atoms with Gasteiger partial charge in [0.2, 0.25) is 0 Å². The van der Waals surface area contributed by atoms with Crippen LogP contribution in [-0.2, 0) is 40.3 Å². The van der Waals surface area contributed by atoms with Gasteiger partial charge in [0.1, 0.15) is 129 Å². The molecule has 2 amide bonds. The Labute approximate surface area is 802 Å². The Morgan fingerprint density at radius 1 is 0.410 bits per heavy atom. The third-order valence-corrected chi connectivity index (χ3v) is 20.3. The largest absolute Gasteiger partial charge is 0.462 e. The number of hydrogen-bond acceptors (Lipinski definition) is 38. The van der Waals surface area contributed by atoms with E-state index in [-0.39, 0.29) is 68.7 Å². The molecule has 43 nitrogen and oxygen atoms in total. The summed E-state index contributed by atoms with van der Waals surface area (Å²) in [6.45, 7) is 38.5. The number of ketones is 1. The Bertz CT molecular complexity index is 6110. The monoisotopic (exact) mass is 1950 g/mol. The molecule has 0 saturated carbocycles. The van der Waals surface area contributed by atoms with Crippen molar-refractivity contribution in [2.24, 2.45) is 5.73 Å². The van der Waals surface area contributed by atoms with E-state index in [0.29, 0.717) is 123 Å². The van der Waals surface area contributed by atoms with Gasteiger partial charge >= 0.3 is 18.2 Å². The first-order chi connectivity index (χ1) is 63.9. The molecular formula is C85H104Cl6N36O7. The number of carbonyl (C=O) groups is 4. The van der Waals surface area contributed by atoms with E-state index in [1.165, 1.54) is 62.8 Å².